The van der Waals surface area contributed by atoms with Gasteiger partial charge in [-0.3, -0.25) is 4.99 Å². The van der Waals surface area contributed by atoms with Gasteiger partial charge in [0.05, 0.1) is 5.69 Å². The van der Waals surface area contributed by atoms with Crippen LogP contribution in [0.2, 0.25) is 0 Å². The Balaban J connectivity index is 0.00000364. The highest BCUT2D eigenvalue weighted by atomic mass is 127. The molecule has 5 nitrogen and oxygen atoms in total. The minimum absolute atomic E-state index is 0. The van der Waals surface area contributed by atoms with Crippen LogP contribution in [0.4, 0.5) is 0 Å². The van der Waals surface area contributed by atoms with E-state index in [9.17, 15) is 0 Å². The summed E-state index contributed by atoms with van der Waals surface area (Å²) in [5.41, 5.74) is 4.84. The smallest absolute Gasteiger partial charge is 0.191 e. The number of guanidine groups is 1. The number of hydrogen-bond acceptors (Lipinski definition) is 3. The molecule has 0 aliphatic heterocycles. The fraction of sp³-hybridized carbons (Fsp3) is 0.524. The van der Waals surface area contributed by atoms with Crippen LogP contribution in [0.3, 0.4) is 0 Å². The van der Waals surface area contributed by atoms with E-state index >= 15 is 0 Å². The second-order valence-electron chi connectivity index (χ2n) is 6.86. The van der Waals surface area contributed by atoms with Crippen LogP contribution in [0.25, 0.3) is 0 Å². The summed E-state index contributed by atoms with van der Waals surface area (Å²) >= 11 is 0. The van der Waals surface area contributed by atoms with Gasteiger partial charge in [0.15, 0.2) is 5.96 Å². The first-order chi connectivity index (χ1) is 12.5. The molecule has 1 heterocycles. The van der Waals surface area contributed by atoms with Crippen molar-refractivity contribution < 1.29 is 4.52 Å². The Hall–Kier alpha value is -1.57. The van der Waals surface area contributed by atoms with Gasteiger partial charge in [-0.1, -0.05) is 41.9 Å². The van der Waals surface area contributed by atoms with Gasteiger partial charge in [0, 0.05) is 31.1 Å². The first-order valence-electron chi connectivity index (χ1n) is 9.51. The molecule has 0 fully saturated rings. The van der Waals surface area contributed by atoms with Gasteiger partial charge in [-0.15, -0.1) is 24.0 Å². The number of benzene rings is 1. The molecule has 1 aromatic heterocycles. The first kappa shape index (κ1) is 23.5. The zero-order chi connectivity index (χ0) is 18.9. The molecule has 0 saturated heterocycles. The summed E-state index contributed by atoms with van der Waals surface area (Å²) in [7, 11) is 0. The maximum atomic E-state index is 5.22. The van der Waals surface area contributed by atoms with E-state index in [1.165, 1.54) is 16.7 Å². The van der Waals surface area contributed by atoms with Crippen LogP contribution >= 0.6 is 24.0 Å². The van der Waals surface area contributed by atoms with Crippen LogP contribution in [0.5, 0.6) is 0 Å². The summed E-state index contributed by atoms with van der Waals surface area (Å²) in [5.74, 6) is 2.20. The van der Waals surface area contributed by atoms with E-state index in [0.717, 1.165) is 49.9 Å². The number of hydrogen-bond donors (Lipinski definition) is 2. The molecule has 1 atom stereocenters. The molecule has 27 heavy (non-hydrogen) atoms. The third-order valence-electron chi connectivity index (χ3n) is 4.59. The van der Waals surface area contributed by atoms with E-state index in [2.05, 4.69) is 60.8 Å². The average Bonchev–Trinajstić information content (AvgIpc) is 2.95. The van der Waals surface area contributed by atoms with E-state index in [0.29, 0.717) is 5.92 Å². The maximum absolute atomic E-state index is 5.22. The lowest BCUT2D eigenvalue weighted by Crippen LogP contribution is -2.38. The second kappa shape index (κ2) is 12.0. The van der Waals surface area contributed by atoms with Crippen molar-refractivity contribution in [1.82, 2.24) is 15.8 Å². The van der Waals surface area contributed by atoms with Crippen LogP contribution in [-0.2, 0) is 6.42 Å². The molecule has 0 amide bonds. The molecule has 0 bridgehead atoms. The minimum Gasteiger partial charge on any atom is -0.361 e. The molecule has 0 radical (unpaired) electrons. The second-order valence-corrected chi connectivity index (χ2v) is 6.86. The number of halogens is 1. The predicted octanol–water partition coefficient (Wildman–Crippen LogP) is 4.51. The molecule has 2 N–H and O–H groups in total. The molecule has 0 saturated carbocycles. The van der Waals surface area contributed by atoms with Crippen LogP contribution in [-0.4, -0.2) is 30.8 Å². The molecule has 6 heteroatoms. The van der Waals surface area contributed by atoms with Gasteiger partial charge in [0.1, 0.15) is 5.76 Å². The van der Waals surface area contributed by atoms with Gasteiger partial charge >= 0.3 is 0 Å². The summed E-state index contributed by atoms with van der Waals surface area (Å²) in [5, 5.41) is 10.8. The van der Waals surface area contributed by atoms with E-state index in [-0.39, 0.29) is 24.0 Å². The van der Waals surface area contributed by atoms with Crippen molar-refractivity contribution in [2.75, 3.05) is 19.6 Å². The van der Waals surface area contributed by atoms with Crippen LogP contribution < -0.4 is 10.6 Å². The van der Waals surface area contributed by atoms with Gasteiger partial charge in [-0.2, -0.15) is 0 Å². The lowest BCUT2D eigenvalue weighted by atomic mass is 10.0. The number of nitrogens with one attached hydrogen (secondary N) is 2. The Morgan fingerprint density at radius 3 is 2.44 bits per heavy atom. The SMILES string of the molecule is CCNC(=NCC(C)c1ccc(C)cc1)NCCCc1c(C)noc1C.I. The molecular formula is C21H33IN4O. The molecule has 0 aliphatic carbocycles. The van der Waals surface area contributed by atoms with Gasteiger partial charge in [-0.25, -0.2) is 0 Å². The Morgan fingerprint density at radius 1 is 1.15 bits per heavy atom. The molecule has 0 aliphatic rings. The van der Waals surface area contributed by atoms with Gasteiger partial charge in [0.25, 0.3) is 0 Å². The first-order valence-corrected chi connectivity index (χ1v) is 9.51. The van der Waals surface area contributed by atoms with Crippen molar-refractivity contribution in [3.05, 3.63) is 52.4 Å². The van der Waals surface area contributed by atoms with E-state index < -0.39 is 0 Å². The Labute approximate surface area is 180 Å². The summed E-state index contributed by atoms with van der Waals surface area (Å²) in [4.78, 5) is 4.75. The monoisotopic (exact) mass is 484 g/mol. The Morgan fingerprint density at radius 2 is 1.85 bits per heavy atom. The Bertz CT molecular complexity index is 690. The maximum Gasteiger partial charge on any atom is 0.191 e. The standard InChI is InChI=1S/C21H32N4O.HI/c1-6-22-21(23-13-7-8-20-17(4)25-26-18(20)5)24-14-16(3)19-11-9-15(2)10-12-19;/h9-12,16H,6-8,13-14H2,1-5H3,(H2,22,23,24);1H. The highest BCUT2D eigenvalue weighted by molar-refractivity contribution is 14.0. The number of aryl methyl sites for hydroxylation is 3. The normalized spacial score (nSPS) is 12.4. The van der Waals surface area contributed by atoms with E-state index in [1.54, 1.807) is 0 Å². The van der Waals surface area contributed by atoms with Crippen molar-refractivity contribution in [2.45, 2.75) is 53.4 Å². The highest BCUT2D eigenvalue weighted by Gasteiger charge is 2.09. The molecule has 1 aromatic carbocycles. The number of nitrogens with zero attached hydrogens (tertiary/aromatic N) is 2. The lowest BCUT2D eigenvalue weighted by Gasteiger charge is -2.14. The fourth-order valence-electron chi connectivity index (χ4n) is 2.90. The number of aliphatic imine (C=N–C) groups is 1. The fourth-order valence-corrected chi connectivity index (χ4v) is 2.90. The van der Waals surface area contributed by atoms with Crippen molar-refractivity contribution in [3.8, 4) is 0 Å². The van der Waals surface area contributed by atoms with Gasteiger partial charge < -0.3 is 15.2 Å². The number of rotatable bonds is 8. The molecule has 2 aromatic rings. The van der Waals surface area contributed by atoms with Crippen molar-refractivity contribution >= 4 is 29.9 Å². The third-order valence-corrected chi connectivity index (χ3v) is 4.59. The summed E-state index contributed by atoms with van der Waals surface area (Å²) in [6, 6.07) is 8.71. The molecule has 1 unspecified atom stereocenters. The molecular weight excluding hydrogens is 451 g/mol. The van der Waals surface area contributed by atoms with Crippen molar-refractivity contribution in [3.63, 3.8) is 0 Å². The zero-order valence-corrected chi connectivity index (χ0v) is 19.5. The Kier molecular flexibility index (Phi) is 10.4. The van der Waals surface area contributed by atoms with E-state index in [1.807, 2.05) is 13.8 Å². The highest BCUT2D eigenvalue weighted by Crippen LogP contribution is 2.16. The van der Waals surface area contributed by atoms with Crippen LogP contribution in [0, 0.1) is 20.8 Å². The summed E-state index contributed by atoms with van der Waals surface area (Å²) in [6.45, 7) is 12.9. The largest absolute Gasteiger partial charge is 0.361 e. The van der Waals surface area contributed by atoms with Crippen molar-refractivity contribution in [2.24, 2.45) is 4.99 Å². The molecule has 0 spiro atoms. The molecule has 2 rings (SSSR count). The lowest BCUT2D eigenvalue weighted by molar-refractivity contribution is 0.392. The van der Waals surface area contributed by atoms with Crippen LogP contribution in [0.15, 0.2) is 33.8 Å². The average molecular weight is 484 g/mol. The summed E-state index contributed by atoms with van der Waals surface area (Å²) in [6.07, 6.45) is 1.98. The molecule has 150 valence electrons. The summed E-state index contributed by atoms with van der Waals surface area (Å²) < 4.78 is 5.22. The van der Waals surface area contributed by atoms with E-state index in [4.69, 9.17) is 9.52 Å². The predicted molar refractivity (Wildman–Crippen MR) is 123 cm³/mol. The van der Waals surface area contributed by atoms with Gasteiger partial charge in [-0.05, 0) is 46.1 Å². The van der Waals surface area contributed by atoms with Crippen molar-refractivity contribution in [1.29, 1.82) is 0 Å². The van der Waals surface area contributed by atoms with Gasteiger partial charge in [0.2, 0.25) is 0 Å². The minimum atomic E-state index is 0. The zero-order valence-electron chi connectivity index (χ0n) is 17.1. The number of aromatic nitrogens is 1. The third kappa shape index (κ3) is 7.52. The van der Waals surface area contributed by atoms with Crippen LogP contribution in [0.1, 0.15) is 54.3 Å². The topological polar surface area (TPSA) is 62.5 Å². The quantitative estimate of drug-likeness (QED) is 0.251.